The quantitative estimate of drug-likeness (QED) is 0.676. The predicted octanol–water partition coefficient (Wildman–Crippen LogP) is -0.0814. The number of fused-ring (bicyclic) bond motifs is 1. The number of benzene rings is 1. The van der Waals surface area contributed by atoms with E-state index in [2.05, 4.69) is 20.6 Å². The number of aromatic nitrogens is 5. The minimum atomic E-state index is -0.830. The minimum absolute atomic E-state index is 0.305. The molecule has 8 nitrogen and oxygen atoms in total. The van der Waals surface area contributed by atoms with Crippen molar-refractivity contribution in [1.29, 1.82) is 0 Å². The predicted molar refractivity (Wildman–Crippen MR) is 75.6 cm³/mol. The third-order valence-corrected chi connectivity index (χ3v) is 3.60. The highest BCUT2D eigenvalue weighted by Crippen LogP contribution is 2.25. The average Bonchev–Trinajstić information content (AvgIpc) is 3.06. The maximum Gasteiger partial charge on any atom is 0.261 e. The molecular formula is C14H12N5O3-. The standard InChI is InChI=1S/C14H13N5O3/c1-3-7-4-5-9-8(6-7)11(20)10(14(22)19(9)2)12(21)13-15-17-18-16-13/h4-6,20H,3H2,1-2H3,(H,15,16,17,18)/p-1. The van der Waals surface area contributed by atoms with Gasteiger partial charge in [-0.3, -0.25) is 9.59 Å². The summed E-state index contributed by atoms with van der Waals surface area (Å²) in [5.41, 5.74) is 0.291. The van der Waals surface area contributed by atoms with Crippen LogP contribution in [0.3, 0.4) is 0 Å². The highest BCUT2D eigenvalue weighted by molar-refractivity contribution is 6.10. The van der Waals surface area contributed by atoms with Crippen molar-refractivity contribution >= 4 is 16.7 Å². The van der Waals surface area contributed by atoms with E-state index < -0.39 is 22.7 Å². The third kappa shape index (κ3) is 1.96. The molecule has 0 radical (unpaired) electrons. The van der Waals surface area contributed by atoms with E-state index in [4.69, 9.17) is 0 Å². The van der Waals surface area contributed by atoms with Crippen molar-refractivity contribution in [3.8, 4) is 5.75 Å². The number of carbonyl (C=O) groups excluding carboxylic acids is 1. The number of carbonyl (C=O) groups is 1. The van der Waals surface area contributed by atoms with E-state index >= 15 is 0 Å². The molecular weight excluding hydrogens is 286 g/mol. The van der Waals surface area contributed by atoms with E-state index in [1.54, 1.807) is 12.1 Å². The van der Waals surface area contributed by atoms with E-state index in [1.165, 1.54) is 11.6 Å². The number of hydrogen-bond donors (Lipinski definition) is 1. The van der Waals surface area contributed by atoms with Crippen molar-refractivity contribution in [2.24, 2.45) is 7.05 Å². The Balaban J connectivity index is 2.35. The second-order valence-corrected chi connectivity index (χ2v) is 4.84. The van der Waals surface area contributed by atoms with Crippen molar-refractivity contribution in [3.05, 3.63) is 45.5 Å². The molecule has 2 heterocycles. The normalized spacial score (nSPS) is 11.0. The smallest absolute Gasteiger partial charge is 0.261 e. The van der Waals surface area contributed by atoms with Crippen molar-refractivity contribution < 1.29 is 9.90 Å². The Labute approximate surface area is 124 Å². The van der Waals surface area contributed by atoms with Gasteiger partial charge in [0.05, 0.1) is 11.1 Å². The van der Waals surface area contributed by atoms with Crippen LogP contribution in [-0.2, 0) is 13.5 Å². The molecule has 0 aliphatic rings. The molecule has 0 saturated carbocycles. The Morgan fingerprint density at radius 2 is 2.18 bits per heavy atom. The van der Waals surface area contributed by atoms with Gasteiger partial charge in [0.2, 0.25) is 11.6 Å². The number of nitrogens with zero attached hydrogens (tertiary/aromatic N) is 4. The minimum Gasteiger partial charge on any atom is -0.871 e. The number of ketones is 1. The van der Waals surface area contributed by atoms with Crippen LogP contribution in [0, 0.1) is 0 Å². The molecule has 0 aliphatic carbocycles. The van der Waals surface area contributed by atoms with Gasteiger partial charge >= 0.3 is 0 Å². The number of tetrazole rings is 1. The number of nitrogens with one attached hydrogen (secondary N) is 1. The molecule has 3 rings (SSSR count). The molecule has 8 heteroatoms. The fourth-order valence-corrected chi connectivity index (χ4v) is 2.36. The summed E-state index contributed by atoms with van der Waals surface area (Å²) in [6.07, 6.45) is 0.742. The Bertz CT molecular complexity index is 928. The second kappa shape index (κ2) is 5.06. The maximum atomic E-state index is 12.6. The molecule has 22 heavy (non-hydrogen) atoms. The van der Waals surface area contributed by atoms with Crippen LogP contribution in [0.25, 0.3) is 10.9 Å². The first-order chi connectivity index (χ1) is 10.5. The number of pyridine rings is 1. The maximum absolute atomic E-state index is 12.6. The molecule has 0 bridgehead atoms. The van der Waals surface area contributed by atoms with Crippen molar-refractivity contribution in [3.63, 3.8) is 0 Å². The van der Waals surface area contributed by atoms with Gasteiger partial charge < -0.3 is 9.67 Å². The van der Waals surface area contributed by atoms with E-state index in [-0.39, 0.29) is 5.82 Å². The molecule has 0 saturated heterocycles. The zero-order chi connectivity index (χ0) is 15.9. The summed E-state index contributed by atoms with van der Waals surface area (Å²) < 4.78 is 1.28. The van der Waals surface area contributed by atoms with Gasteiger partial charge in [-0.05, 0) is 28.7 Å². The summed E-state index contributed by atoms with van der Waals surface area (Å²) in [6, 6.07) is 5.26. The zero-order valence-electron chi connectivity index (χ0n) is 12.0. The van der Waals surface area contributed by atoms with Crippen LogP contribution in [0.2, 0.25) is 0 Å². The summed E-state index contributed by atoms with van der Waals surface area (Å²) in [5.74, 6) is -1.74. The fourth-order valence-electron chi connectivity index (χ4n) is 2.36. The van der Waals surface area contributed by atoms with Gasteiger partial charge in [-0.15, -0.1) is 10.2 Å². The van der Waals surface area contributed by atoms with E-state index in [0.717, 1.165) is 12.0 Å². The first-order valence-electron chi connectivity index (χ1n) is 6.65. The molecule has 2 aromatic heterocycles. The number of H-pyrrole nitrogens is 1. The SMILES string of the molecule is CCc1ccc2c(c1)c([O-])c(C(=O)c1nn[nH]n1)c(=O)n2C. The van der Waals surface area contributed by atoms with Crippen LogP contribution >= 0.6 is 0 Å². The number of aryl methyl sites for hydroxylation is 2. The topological polar surface area (TPSA) is 117 Å². The van der Waals surface area contributed by atoms with Gasteiger partial charge in [-0.25, -0.2) is 0 Å². The molecule has 0 spiro atoms. The van der Waals surface area contributed by atoms with Crippen LogP contribution in [0.5, 0.6) is 5.75 Å². The summed E-state index contributed by atoms with van der Waals surface area (Å²) in [6.45, 7) is 1.96. The first-order valence-corrected chi connectivity index (χ1v) is 6.65. The molecule has 3 aromatic rings. The molecule has 0 atom stereocenters. The van der Waals surface area contributed by atoms with Crippen LogP contribution in [0.1, 0.15) is 28.7 Å². The van der Waals surface area contributed by atoms with Crippen LogP contribution in [0.4, 0.5) is 0 Å². The molecule has 0 unspecified atom stereocenters. The third-order valence-electron chi connectivity index (χ3n) is 3.60. The van der Waals surface area contributed by atoms with E-state index in [1.807, 2.05) is 13.0 Å². The second-order valence-electron chi connectivity index (χ2n) is 4.84. The van der Waals surface area contributed by atoms with E-state index in [0.29, 0.717) is 10.9 Å². The number of aromatic amines is 1. The monoisotopic (exact) mass is 298 g/mol. The molecule has 0 fully saturated rings. The van der Waals surface area contributed by atoms with Gasteiger partial charge in [0.25, 0.3) is 5.56 Å². The molecule has 1 N–H and O–H groups in total. The van der Waals surface area contributed by atoms with Crippen LogP contribution in [-0.4, -0.2) is 31.0 Å². The Morgan fingerprint density at radius 1 is 1.41 bits per heavy atom. The van der Waals surface area contributed by atoms with Gasteiger partial charge in [-0.2, -0.15) is 5.21 Å². The molecule has 1 aromatic carbocycles. The highest BCUT2D eigenvalue weighted by Gasteiger charge is 2.21. The van der Waals surface area contributed by atoms with Crippen molar-refractivity contribution in [1.82, 2.24) is 25.2 Å². The van der Waals surface area contributed by atoms with Gasteiger partial charge in [-0.1, -0.05) is 24.8 Å². The average molecular weight is 298 g/mol. The lowest BCUT2D eigenvalue weighted by atomic mass is 10.0. The Morgan fingerprint density at radius 3 is 2.82 bits per heavy atom. The Hall–Kier alpha value is -3.03. The van der Waals surface area contributed by atoms with Crippen LogP contribution < -0.4 is 10.7 Å². The van der Waals surface area contributed by atoms with E-state index in [9.17, 15) is 14.7 Å². The van der Waals surface area contributed by atoms with Crippen molar-refractivity contribution in [2.45, 2.75) is 13.3 Å². The van der Waals surface area contributed by atoms with Crippen molar-refractivity contribution in [2.75, 3.05) is 0 Å². The lowest BCUT2D eigenvalue weighted by Crippen LogP contribution is -2.27. The summed E-state index contributed by atoms with van der Waals surface area (Å²) in [4.78, 5) is 24.7. The first kappa shape index (κ1) is 13.9. The Kier molecular flexibility index (Phi) is 3.21. The summed E-state index contributed by atoms with van der Waals surface area (Å²) in [7, 11) is 1.52. The highest BCUT2D eigenvalue weighted by atomic mass is 16.3. The lowest BCUT2D eigenvalue weighted by Gasteiger charge is -2.18. The summed E-state index contributed by atoms with van der Waals surface area (Å²) >= 11 is 0. The summed E-state index contributed by atoms with van der Waals surface area (Å²) in [5, 5.41) is 25.4. The lowest BCUT2D eigenvalue weighted by molar-refractivity contribution is -0.266. The zero-order valence-corrected chi connectivity index (χ0v) is 12.0. The number of rotatable bonds is 3. The molecule has 0 amide bonds. The number of hydrogen-bond acceptors (Lipinski definition) is 6. The van der Waals surface area contributed by atoms with Gasteiger partial charge in [0.1, 0.15) is 0 Å². The largest absolute Gasteiger partial charge is 0.871 e. The van der Waals surface area contributed by atoms with Crippen LogP contribution in [0.15, 0.2) is 23.0 Å². The molecule has 0 aliphatic heterocycles. The molecule has 112 valence electrons. The van der Waals surface area contributed by atoms with Gasteiger partial charge in [0, 0.05) is 7.05 Å². The van der Waals surface area contributed by atoms with Gasteiger partial charge in [0.15, 0.2) is 0 Å². The fraction of sp³-hybridized carbons (Fsp3) is 0.214.